The Morgan fingerprint density at radius 3 is 2.57 bits per heavy atom. The van der Waals surface area contributed by atoms with Crippen LogP contribution in [-0.4, -0.2) is 48.6 Å². The molecular weight excluding hydrogens is 292 g/mol. The molecule has 1 aromatic carbocycles. The Kier molecular flexibility index (Phi) is 3.25. The summed E-state index contributed by atoms with van der Waals surface area (Å²) in [6.45, 7) is 3.93. The molecule has 5 heteroatoms. The van der Waals surface area contributed by atoms with Gasteiger partial charge in [0, 0.05) is 23.9 Å². The Hall–Kier alpha value is -1.85. The minimum Gasteiger partial charge on any atom is -0.494 e. The van der Waals surface area contributed by atoms with Gasteiger partial charge in [0.25, 0.3) is 0 Å². The minimum absolute atomic E-state index is 0.0741. The zero-order valence-electron chi connectivity index (χ0n) is 13.5. The number of piperidine rings is 1. The quantitative estimate of drug-likeness (QED) is 0.897. The van der Waals surface area contributed by atoms with E-state index in [0.717, 1.165) is 35.6 Å². The molecule has 0 amide bonds. The Morgan fingerprint density at radius 2 is 1.96 bits per heavy atom. The number of pyridine rings is 1. The molecule has 23 heavy (non-hydrogen) atoms. The average Bonchev–Trinajstić information content (AvgIpc) is 2.94. The van der Waals surface area contributed by atoms with Gasteiger partial charge in [-0.1, -0.05) is 12.1 Å². The Morgan fingerprint density at radius 1 is 1.26 bits per heavy atom. The number of hydrogen-bond acceptors (Lipinski definition) is 5. The van der Waals surface area contributed by atoms with Gasteiger partial charge in [0.2, 0.25) is 0 Å². The lowest BCUT2D eigenvalue weighted by Gasteiger charge is -2.26. The highest BCUT2D eigenvalue weighted by molar-refractivity contribution is 5.89. The number of aryl methyl sites for hydroxylation is 1. The first kappa shape index (κ1) is 14.7. The molecule has 1 aliphatic carbocycles. The van der Waals surface area contributed by atoms with E-state index in [2.05, 4.69) is 24.0 Å². The average molecular weight is 314 g/mol. The molecule has 2 unspecified atom stereocenters. The van der Waals surface area contributed by atoms with Crippen LogP contribution in [0.5, 0.6) is 5.75 Å². The normalized spacial score (nSPS) is 24.8. The molecule has 1 aromatic heterocycles. The van der Waals surface area contributed by atoms with Crippen molar-refractivity contribution in [3.63, 3.8) is 0 Å². The number of ether oxygens (including phenoxy) is 1. The topological polar surface area (TPSA) is 65.8 Å². The lowest BCUT2D eigenvalue weighted by atomic mass is 10.0. The van der Waals surface area contributed by atoms with Gasteiger partial charge in [-0.05, 0) is 36.5 Å². The van der Waals surface area contributed by atoms with Crippen LogP contribution in [0, 0.1) is 24.2 Å². The van der Waals surface area contributed by atoms with Gasteiger partial charge in [0.15, 0.2) is 0 Å². The van der Waals surface area contributed by atoms with Crippen LogP contribution in [0.25, 0.3) is 10.9 Å². The summed E-state index contributed by atoms with van der Waals surface area (Å²) in [7, 11) is 1.67. The summed E-state index contributed by atoms with van der Waals surface area (Å²) in [6, 6.07) is 8.10. The maximum atomic E-state index is 9.56. The molecule has 2 heterocycles. The Bertz CT molecular complexity index is 743. The van der Waals surface area contributed by atoms with Gasteiger partial charge in [-0.2, -0.15) is 0 Å². The summed E-state index contributed by atoms with van der Waals surface area (Å²) in [6.07, 6.45) is 0. The first-order valence-electron chi connectivity index (χ1n) is 8.05. The monoisotopic (exact) mass is 314 g/mol. The van der Waals surface area contributed by atoms with E-state index in [1.165, 1.54) is 5.56 Å². The second kappa shape index (κ2) is 5.08. The van der Waals surface area contributed by atoms with Crippen molar-refractivity contribution in [1.82, 2.24) is 4.98 Å². The summed E-state index contributed by atoms with van der Waals surface area (Å²) in [5.74, 6) is 2.48. The van der Waals surface area contributed by atoms with Gasteiger partial charge in [0.1, 0.15) is 17.1 Å². The lowest BCUT2D eigenvalue weighted by molar-refractivity contribution is 0.109. The maximum absolute atomic E-state index is 9.56. The van der Waals surface area contributed by atoms with Crippen molar-refractivity contribution < 1.29 is 14.9 Å². The van der Waals surface area contributed by atoms with Gasteiger partial charge >= 0.3 is 0 Å². The summed E-state index contributed by atoms with van der Waals surface area (Å²) in [4.78, 5) is 7.08. The third-order valence-corrected chi connectivity index (χ3v) is 5.82. The summed E-state index contributed by atoms with van der Waals surface area (Å²) in [5, 5.41) is 20.2. The molecule has 122 valence electrons. The molecule has 2 aromatic rings. The highest BCUT2D eigenvalue weighted by Gasteiger charge is 2.67. The van der Waals surface area contributed by atoms with Crippen molar-refractivity contribution >= 4 is 16.7 Å². The van der Waals surface area contributed by atoms with Crippen LogP contribution in [0.2, 0.25) is 0 Å². The molecule has 1 aliphatic heterocycles. The van der Waals surface area contributed by atoms with Gasteiger partial charge in [-0.25, -0.2) is 4.98 Å². The summed E-state index contributed by atoms with van der Waals surface area (Å²) < 4.78 is 5.45. The number of aromatic nitrogens is 1. The fraction of sp³-hybridized carbons (Fsp3) is 0.500. The van der Waals surface area contributed by atoms with E-state index in [1.807, 2.05) is 12.1 Å². The van der Waals surface area contributed by atoms with E-state index >= 15 is 0 Å². The number of fused-ring (bicyclic) bond motifs is 2. The van der Waals surface area contributed by atoms with Gasteiger partial charge in [-0.15, -0.1) is 0 Å². The maximum Gasteiger partial charge on any atom is 0.145 e. The van der Waals surface area contributed by atoms with Gasteiger partial charge in [-0.3, -0.25) is 0 Å². The lowest BCUT2D eigenvalue weighted by Crippen LogP contribution is -2.32. The Balaban J connectivity index is 1.67. The third-order valence-electron chi connectivity index (χ3n) is 5.82. The van der Waals surface area contributed by atoms with Crippen molar-refractivity contribution in [2.24, 2.45) is 17.3 Å². The fourth-order valence-corrected chi connectivity index (χ4v) is 4.24. The Labute approximate surface area is 135 Å². The number of rotatable bonds is 4. The highest BCUT2D eigenvalue weighted by Crippen LogP contribution is 2.62. The molecule has 0 radical (unpaired) electrons. The summed E-state index contributed by atoms with van der Waals surface area (Å²) >= 11 is 0. The number of para-hydroxylation sites is 1. The van der Waals surface area contributed by atoms with Crippen molar-refractivity contribution in [1.29, 1.82) is 0 Å². The molecule has 5 nitrogen and oxygen atoms in total. The molecule has 2 aliphatic rings. The van der Waals surface area contributed by atoms with Crippen LogP contribution < -0.4 is 9.64 Å². The number of aliphatic hydroxyl groups is 2. The van der Waals surface area contributed by atoms with E-state index in [0.29, 0.717) is 11.8 Å². The van der Waals surface area contributed by atoms with Crippen molar-refractivity contribution in [3.05, 3.63) is 29.8 Å². The number of anilines is 1. The van der Waals surface area contributed by atoms with Crippen LogP contribution in [0.1, 0.15) is 5.56 Å². The summed E-state index contributed by atoms with van der Waals surface area (Å²) in [5.41, 5.74) is 1.81. The van der Waals surface area contributed by atoms with Crippen LogP contribution in [0.4, 0.5) is 5.82 Å². The first-order valence-corrected chi connectivity index (χ1v) is 8.05. The molecule has 2 N–H and O–H groups in total. The van der Waals surface area contributed by atoms with Crippen molar-refractivity contribution in [2.45, 2.75) is 6.92 Å². The third kappa shape index (κ3) is 1.96. The van der Waals surface area contributed by atoms with Crippen LogP contribution in [0.15, 0.2) is 24.3 Å². The van der Waals surface area contributed by atoms with Crippen LogP contribution in [0.3, 0.4) is 0 Å². The molecule has 2 atom stereocenters. The zero-order chi connectivity index (χ0) is 16.2. The molecule has 4 rings (SSSR count). The van der Waals surface area contributed by atoms with Gasteiger partial charge < -0.3 is 19.8 Å². The fourth-order valence-electron chi connectivity index (χ4n) is 4.24. The van der Waals surface area contributed by atoms with Crippen LogP contribution in [-0.2, 0) is 0 Å². The van der Waals surface area contributed by atoms with E-state index in [-0.39, 0.29) is 18.6 Å². The predicted molar refractivity (Wildman–Crippen MR) is 88.8 cm³/mol. The SMILES string of the molecule is COc1cccc2c(C)cc(N3CC4C(C3)C4(CO)CO)nc12. The second-order valence-electron chi connectivity index (χ2n) is 6.82. The number of aliphatic hydroxyl groups excluding tert-OH is 2. The van der Waals surface area contributed by atoms with E-state index in [4.69, 9.17) is 9.72 Å². The smallest absolute Gasteiger partial charge is 0.145 e. The highest BCUT2D eigenvalue weighted by atomic mass is 16.5. The second-order valence-corrected chi connectivity index (χ2v) is 6.82. The zero-order valence-corrected chi connectivity index (χ0v) is 13.5. The minimum atomic E-state index is -0.264. The number of methoxy groups -OCH3 is 1. The van der Waals surface area contributed by atoms with E-state index < -0.39 is 0 Å². The number of nitrogens with zero attached hydrogens (tertiary/aromatic N) is 2. The predicted octanol–water partition coefficient (Wildman–Crippen LogP) is 1.59. The van der Waals surface area contributed by atoms with E-state index in [1.54, 1.807) is 7.11 Å². The van der Waals surface area contributed by atoms with Crippen molar-refractivity contribution in [2.75, 3.05) is 38.3 Å². The molecular formula is C18H22N2O3. The molecule has 0 spiro atoms. The largest absolute Gasteiger partial charge is 0.494 e. The number of hydrogen-bond donors (Lipinski definition) is 2. The van der Waals surface area contributed by atoms with E-state index in [9.17, 15) is 10.2 Å². The first-order chi connectivity index (χ1) is 11.1. The number of benzene rings is 1. The van der Waals surface area contributed by atoms with Gasteiger partial charge in [0.05, 0.1) is 20.3 Å². The standard InChI is InChI=1S/C18H22N2O3/c1-11-6-16(19-17-12(11)4-3-5-15(17)23-2)20-7-13-14(8-20)18(13,9-21)10-22/h3-6,13-14,21-22H,7-10H2,1-2H3. The molecule has 2 fully saturated rings. The molecule has 1 saturated carbocycles. The van der Waals surface area contributed by atoms with Crippen LogP contribution >= 0.6 is 0 Å². The molecule has 0 bridgehead atoms. The van der Waals surface area contributed by atoms with Crippen molar-refractivity contribution in [3.8, 4) is 5.75 Å². The molecule has 1 saturated heterocycles.